The molecule has 0 aromatic heterocycles. The lowest BCUT2D eigenvalue weighted by atomic mass is 10.0. The third-order valence-electron chi connectivity index (χ3n) is 3.61. The molecule has 0 aromatic carbocycles. The van der Waals surface area contributed by atoms with Crippen molar-refractivity contribution in [1.29, 1.82) is 0 Å². The lowest BCUT2D eigenvalue weighted by molar-refractivity contribution is -0.132. The normalized spacial score (nSPS) is 21.4. The summed E-state index contributed by atoms with van der Waals surface area (Å²) >= 11 is 0. The van der Waals surface area contributed by atoms with E-state index in [1.807, 2.05) is 11.8 Å². The average Bonchev–Trinajstić information content (AvgIpc) is 3.14. The summed E-state index contributed by atoms with van der Waals surface area (Å²) < 4.78 is 0. The quantitative estimate of drug-likeness (QED) is 0.802. The van der Waals surface area contributed by atoms with E-state index in [2.05, 4.69) is 5.32 Å². The molecule has 1 saturated carbocycles. The lowest BCUT2D eigenvalue weighted by Gasteiger charge is -2.32. The molecule has 0 spiro atoms. The zero-order valence-electron chi connectivity index (χ0n) is 10.6. The van der Waals surface area contributed by atoms with Crippen LogP contribution in [0.4, 0.5) is 0 Å². The summed E-state index contributed by atoms with van der Waals surface area (Å²) in [6, 6.07) is 0.286. The molecule has 0 aromatic rings. The van der Waals surface area contributed by atoms with E-state index in [-0.39, 0.29) is 23.8 Å². The van der Waals surface area contributed by atoms with Crippen molar-refractivity contribution in [2.75, 3.05) is 13.1 Å². The SMILES string of the molecule is CCCC(=O)N1CCC(NC(=O)C2CC2)CC1. The Morgan fingerprint density at radius 2 is 1.82 bits per heavy atom. The van der Waals surface area contributed by atoms with Crippen molar-refractivity contribution in [2.45, 2.75) is 51.5 Å². The molecular formula is C13H22N2O2. The maximum Gasteiger partial charge on any atom is 0.223 e. The smallest absolute Gasteiger partial charge is 0.223 e. The molecule has 2 fully saturated rings. The van der Waals surface area contributed by atoms with Crippen molar-refractivity contribution in [3.05, 3.63) is 0 Å². The Balaban J connectivity index is 1.70. The van der Waals surface area contributed by atoms with Gasteiger partial charge in [0.1, 0.15) is 0 Å². The van der Waals surface area contributed by atoms with E-state index in [0.717, 1.165) is 45.2 Å². The minimum atomic E-state index is 0.225. The molecular weight excluding hydrogens is 216 g/mol. The van der Waals surface area contributed by atoms with E-state index >= 15 is 0 Å². The maximum atomic E-state index is 11.7. The van der Waals surface area contributed by atoms with Gasteiger partial charge in [0.25, 0.3) is 0 Å². The van der Waals surface area contributed by atoms with Crippen LogP contribution < -0.4 is 5.32 Å². The molecule has 96 valence electrons. The first kappa shape index (κ1) is 12.4. The number of carbonyl (C=O) groups excluding carboxylic acids is 2. The molecule has 1 saturated heterocycles. The Hall–Kier alpha value is -1.06. The number of hydrogen-bond acceptors (Lipinski definition) is 2. The van der Waals surface area contributed by atoms with Gasteiger partial charge >= 0.3 is 0 Å². The minimum Gasteiger partial charge on any atom is -0.353 e. The molecule has 4 heteroatoms. The molecule has 0 atom stereocenters. The van der Waals surface area contributed by atoms with Crippen molar-refractivity contribution in [1.82, 2.24) is 10.2 Å². The first-order valence-electron chi connectivity index (χ1n) is 6.79. The molecule has 1 N–H and O–H groups in total. The highest BCUT2D eigenvalue weighted by Crippen LogP contribution is 2.29. The molecule has 0 radical (unpaired) electrons. The predicted octanol–water partition coefficient (Wildman–Crippen LogP) is 1.30. The van der Waals surface area contributed by atoms with Crippen LogP contribution in [0, 0.1) is 5.92 Å². The fraction of sp³-hybridized carbons (Fsp3) is 0.846. The van der Waals surface area contributed by atoms with Crippen LogP contribution in [0.15, 0.2) is 0 Å². The summed E-state index contributed by atoms with van der Waals surface area (Å²) in [5, 5.41) is 3.10. The van der Waals surface area contributed by atoms with Gasteiger partial charge in [-0.25, -0.2) is 0 Å². The van der Waals surface area contributed by atoms with Gasteiger partial charge in [-0.15, -0.1) is 0 Å². The van der Waals surface area contributed by atoms with E-state index in [0.29, 0.717) is 6.42 Å². The van der Waals surface area contributed by atoms with Crippen molar-refractivity contribution in [3.63, 3.8) is 0 Å². The Labute approximate surface area is 103 Å². The van der Waals surface area contributed by atoms with Gasteiger partial charge in [0, 0.05) is 31.5 Å². The highest BCUT2D eigenvalue weighted by atomic mass is 16.2. The zero-order valence-corrected chi connectivity index (χ0v) is 10.6. The van der Waals surface area contributed by atoms with Gasteiger partial charge in [0.15, 0.2) is 0 Å². The molecule has 0 unspecified atom stereocenters. The molecule has 4 nitrogen and oxygen atoms in total. The van der Waals surface area contributed by atoms with Crippen LogP contribution in [0.3, 0.4) is 0 Å². The highest BCUT2D eigenvalue weighted by Gasteiger charge is 2.32. The van der Waals surface area contributed by atoms with Gasteiger partial charge in [-0.3, -0.25) is 9.59 Å². The molecule has 2 amide bonds. The van der Waals surface area contributed by atoms with Crippen molar-refractivity contribution < 1.29 is 9.59 Å². The van der Waals surface area contributed by atoms with Gasteiger partial charge < -0.3 is 10.2 Å². The van der Waals surface area contributed by atoms with Crippen molar-refractivity contribution in [3.8, 4) is 0 Å². The second-order valence-corrected chi connectivity index (χ2v) is 5.19. The third kappa shape index (κ3) is 3.45. The fourth-order valence-corrected chi connectivity index (χ4v) is 2.31. The number of likely N-dealkylation sites (tertiary alicyclic amines) is 1. The van der Waals surface area contributed by atoms with Crippen LogP contribution in [-0.4, -0.2) is 35.8 Å². The van der Waals surface area contributed by atoms with E-state index in [4.69, 9.17) is 0 Å². The number of carbonyl (C=O) groups is 2. The number of rotatable bonds is 4. The number of piperidine rings is 1. The fourth-order valence-electron chi connectivity index (χ4n) is 2.31. The summed E-state index contributed by atoms with van der Waals surface area (Å²) in [5.74, 6) is 0.776. The van der Waals surface area contributed by atoms with Crippen LogP contribution in [-0.2, 0) is 9.59 Å². The van der Waals surface area contributed by atoms with Crippen LogP contribution in [0.1, 0.15) is 45.4 Å². The summed E-state index contributed by atoms with van der Waals surface area (Å²) in [4.78, 5) is 25.2. The van der Waals surface area contributed by atoms with E-state index in [1.165, 1.54) is 0 Å². The van der Waals surface area contributed by atoms with E-state index < -0.39 is 0 Å². The number of hydrogen-bond donors (Lipinski definition) is 1. The standard InChI is InChI=1S/C13H22N2O2/c1-2-3-12(16)15-8-6-11(7-9-15)14-13(17)10-4-5-10/h10-11H,2-9H2,1H3,(H,14,17). The second-order valence-electron chi connectivity index (χ2n) is 5.19. The number of nitrogens with one attached hydrogen (secondary N) is 1. The molecule has 17 heavy (non-hydrogen) atoms. The summed E-state index contributed by atoms with van der Waals surface area (Å²) in [6.07, 6.45) is 5.50. The minimum absolute atomic E-state index is 0.225. The Kier molecular flexibility index (Phi) is 4.02. The summed E-state index contributed by atoms with van der Waals surface area (Å²) in [6.45, 7) is 3.63. The number of amides is 2. The molecule has 2 rings (SSSR count). The van der Waals surface area contributed by atoms with Gasteiger partial charge in [-0.2, -0.15) is 0 Å². The first-order valence-corrected chi connectivity index (χ1v) is 6.79. The van der Waals surface area contributed by atoms with Gasteiger partial charge in [-0.05, 0) is 32.1 Å². The van der Waals surface area contributed by atoms with E-state index in [1.54, 1.807) is 0 Å². The molecule has 1 heterocycles. The van der Waals surface area contributed by atoms with Crippen LogP contribution in [0.2, 0.25) is 0 Å². The van der Waals surface area contributed by atoms with Crippen molar-refractivity contribution in [2.24, 2.45) is 5.92 Å². The van der Waals surface area contributed by atoms with Gasteiger partial charge in [-0.1, -0.05) is 6.92 Å². The topological polar surface area (TPSA) is 49.4 Å². The average molecular weight is 238 g/mol. The van der Waals surface area contributed by atoms with Crippen molar-refractivity contribution >= 4 is 11.8 Å². The van der Waals surface area contributed by atoms with Gasteiger partial charge in [0.2, 0.25) is 11.8 Å². The number of nitrogens with zero attached hydrogens (tertiary/aromatic N) is 1. The van der Waals surface area contributed by atoms with Crippen LogP contribution in [0.25, 0.3) is 0 Å². The molecule has 1 aliphatic heterocycles. The largest absolute Gasteiger partial charge is 0.353 e. The predicted molar refractivity (Wildman–Crippen MR) is 65.4 cm³/mol. The van der Waals surface area contributed by atoms with Crippen LogP contribution in [0.5, 0.6) is 0 Å². The summed E-state index contributed by atoms with van der Waals surface area (Å²) in [5.41, 5.74) is 0. The Bertz CT molecular complexity index is 292. The third-order valence-corrected chi connectivity index (χ3v) is 3.61. The monoisotopic (exact) mass is 238 g/mol. The summed E-state index contributed by atoms with van der Waals surface area (Å²) in [7, 11) is 0. The Morgan fingerprint density at radius 1 is 1.18 bits per heavy atom. The highest BCUT2D eigenvalue weighted by molar-refractivity contribution is 5.81. The zero-order chi connectivity index (χ0) is 12.3. The lowest BCUT2D eigenvalue weighted by Crippen LogP contribution is -2.46. The molecule has 2 aliphatic rings. The van der Waals surface area contributed by atoms with Crippen LogP contribution >= 0.6 is 0 Å². The van der Waals surface area contributed by atoms with Gasteiger partial charge in [0.05, 0.1) is 0 Å². The van der Waals surface area contributed by atoms with E-state index in [9.17, 15) is 9.59 Å². The molecule has 1 aliphatic carbocycles. The Morgan fingerprint density at radius 3 is 2.35 bits per heavy atom. The molecule has 0 bridgehead atoms. The first-order chi connectivity index (χ1) is 8.20. The second kappa shape index (κ2) is 5.52. The maximum absolute atomic E-state index is 11.7.